The average molecular weight is 259 g/mol. The first kappa shape index (κ1) is 14.4. The molecule has 0 bridgehead atoms. The second-order valence-corrected chi connectivity index (χ2v) is 3.89. The normalized spacial score (nSPS) is 16.7. The van der Waals surface area contributed by atoms with Crippen LogP contribution in [0.15, 0.2) is 0 Å². The Hall–Kier alpha value is -1.67. The van der Waals surface area contributed by atoms with Gasteiger partial charge >= 0.3 is 6.03 Å². The molecule has 1 saturated heterocycles. The molecular weight excluding hydrogens is 242 g/mol. The van der Waals surface area contributed by atoms with E-state index in [2.05, 4.69) is 10.6 Å². The molecule has 1 aliphatic rings. The van der Waals surface area contributed by atoms with Crippen molar-refractivity contribution in [3.63, 3.8) is 0 Å². The number of hydrogen-bond donors (Lipinski definition) is 3. The summed E-state index contributed by atoms with van der Waals surface area (Å²) >= 11 is 0. The molecule has 8 nitrogen and oxygen atoms in total. The van der Waals surface area contributed by atoms with Gasteiger partial charge in [-0.2, -0.15) is 0 Å². The van der Waals surface area contributed by atoms with Crippen molar-refractivity contribution in [1.82, 2.24) is 15.5 Å². The van der Waals surface area contributed by atoms with Crippen LogP contribution >= 0.6 is 0 Å². The minimum atomic E-state index is -0.646. The number of hydrogen-bond acceptors (Lipinski definition) is 5. The number of amides is 4. The maximum Gasteiger partial charge on any atom is 0.325 e. The number of rotatable bonds is 7. The van der Waals surface area contributed by atoms with Gasteiger partial charge in [-0.15, -0.1) is 0 Å². The Morgan fingerprint density at radius 2 is 2.33 bits per heavy atom. The zero-order valence-electron chi connectivity index (χ0n) is 10.1. The van der Waals surface area contributed by atoms with Gasteiger partial charge in [0.15, 0.2) is 0 Å². The molecule has 3 N–H and O–H groups in total. The predicted octanol–water partition coefficient (Wildman–Crippen LogP) is -1.95. The van der Waals surface area contributed by atoms with Gasteiger partial charge < -0.3 is 20.5 Å². The van der Waals surface area contributed by atoms with Gasteiger partial charge in [0, 0.05) is 13.7 Å². The van der Waals surface area contributed by atoms with Crippen molar-refractivity contribution in [2.45, 2.75) is 12.5 Å². The molecule has 4 amide bonds. The number of carbonyl (C=O) groups excluding carboxylic acids is 3. The lowest BCUT2D eigenvalue weighted by molar-refractivity contribution is -0.130. The summed E-state index contributed by atoms with van der Waals surface area (Å²) in [5.41, 5.74) is 0. The Morgan fingerprint density at radius 3 is 2.89 bits per heavy atom. The number of carbonyl (C=O) groups is 3. The van der Waals surface area contributed by atoms with Gasteiger partial charge in [0.1, 0.15) is 6.54 Å². The molecule has 0 radical (unpaired) electrons. The predicted molar refractivity (Wildman–Crippen MR) is 60.6 cm³/mol. The average Bonchev–Trinajstić information content (AvgIpc) is 2.61. The fourth-order valence-electron chi connectivity index (χ4n) is 1.47. The smallest absolute Gasteiger partial charge is 0.325 e. The van der Waals surface area contributed by atoms with E-state index < -0.39 is 23.9 Å². The third-order valence-electron chi connectivity index (χ3n) is 2.40. The lowest BCUT2D eigenvalue weighted by atomic mass is 10.2. The van der Waals surface area contributed by atoms with Crippen molar-refractivity contribution >= 4 is 17.8 Å². The highest BCUT2D eigenvalue weighted by molar-refractivity contribution is 6.04. The topological polar surface area (TPSA) is 108 Å². The highest BCUT2D eigenvalue weighted by atomic mass is 16.5. The lowest BCUT2D eigenvalue weighted by Crippen LogP contribution is -2.41. The number of nitrogens with zero attached hydrogens (tertiary/aromatic N) is 1. The number of aliphatic hydroxyl groups excluding tert-OH is 1. The van der Waals surface area contributed by atoms with Gasteiger partial charge in [-0.05, 0) is 6.42 Å². The van der Waals surface area contributed by atoms with Gasteiger partial charge in [0.2, 0.25) is 5.91 Å². The van der Waals surface area contributed by atoms with Crippen molar-refractivity contribution < 1.29 is 24.2 Å². The maximum absolute atomic E-state index is 11.4. The molecule has 1 heterocycles. The van der Waals surface area contributed by atoms with E-state index in [0.717, 1.165) is 4.90 Å². The largest absolute Gasteiger partial charge is 0.391 e. The Balaban J connectivity index is 2.21. The summed E-state index contributed by atoms with van der Waals surface area (Å²) in [6.07, 6.45) is -0.299. The number of ether oxygens (including phenoxy) is 1. The van der Waals surface area contributed by atoms with E-state index in [1.54, 1.807) is 0 Å². The highest BCUT2D eigenvalue weighted by Gasteiger charge is 2.29. The standard InChI is InChI=1S/C10H17N3O5/c1-18-6-7(14)2-3-11-8(15)5-13-9(16)4-12-10(13)17/h7,14H,2-6H2,1H3,(H,11,15)(H,12,17). The molecule has 0 spiro atoms. The van der Waals surface area contributed by atoms with Crippen molar-refractivity contribution in [3.8, 4) is 0 Å². The summed E-state index contributed by atoms with van der Waals surface area (Å²) in [7, 11) is 1.47. The van der Waals surface area contributed by atoms with Crippen LogP contribution in [-0.4, -0.2) is 67.3 Å². The first-order chi connectivity index (χ1) is 8.54. The molecule has 1 unspecified atom stereocenters. The molecule has 0 aromatic heterocycles. The first-order valence-corrected chi connectivity index (χ1v) is 5.56. The van der Waals surface area contributed by atoms with Gasteiger partial charge in [0.25, 0.3) is 5.91 Å². The van der Waals surface area contributed by atoms with Crippen LogP contribution in [0.2, 0.25) is 0 Å². The van der Waals surface area contributed by atoms with Crippen LogP contribution in [0.5, 0.6) is 0 Å². The molecule has 1 fully saturated rings. The molecule has 0 saturated carbocycles. The Morgan fingerprint density at radius 1 is 1.61 bits per heavy atom. The van der Waals surface area contributed by atoms with E-state index in [-0.39, 0.29) is 26.2 Å². The summed E-state index contributed by atoms with van der Waals surface area (Å²) in [5.74, 6) is -0.861. The maximum atomic E-state index is 11.4. The van der Waals surface area contributed by atoms with E-state index in [0.29, 0.717) is 6.42 Å². The number of imide groups is 1. The van der Waals surface area contributed by atoms with Gasteiger partial charge in [0.05, 0.1) is 19.3 Å². The molecule has 1 rings (SSSR count). The second-order valence-electron chi connectivity index (χ2n) is 3.89. The second kappa shape index (κ2) is 6.92. The number of nitrogens with one attached hydrogen (secondary N) is 2. The molecule has 0 aromatic carbocycles. The van der Waals surface area contributed by atoms with Gasteiger partial charge in [-0.3, -0.25) is 14.5 Å². The third kappa shape index (κ3) is 4.30. The van der Waals surface area contributed by atoms with E-state index >= 15 is 0 Å². The Kier molecular flexibility index (Phi) is 5.53. The van der Waals surface area contributed by atoms with Crippen LogP contribution < -0.4 is 10.6 Å². The fraction of sp³-hybridized carbons (Fsp3) is 0.700. The van der Waals surface area contributed by atoms with Crippen LogP contribution in [0.3, 0.4) is 0 Å². The fourth-order valence-corrected chi connectivity index (χ4v) is 1.47. The van der Waals surface area contributed by atoms with Crippen LogP contribution in [0.4, 0.5) is 4.79 Å². The minimum absolute atomic E-state index is 0.0708. The molecule has 1 atom stereocenters. The van der Waals surface area contributed by atoms with Crippen LogP contribution in [0, 0.1) is 0 Å². The first-order valence-electron chi connectivity index (χ1n) is 5.56. The SMILES string of the molecule is COCC(O)CCNC(=O)CN1C(=O)CNC1=O. The zero-order valence-corrected chi connectivity index (χ0v) is 10.1. The van der Waals surface area contributed by atoms with E-state index in [9.17, 15) is 19.5 Å². The summed E-state index contributed by atoms with van der Waals surface area (Å²) in [5, 5.41) is 14.2. The van der Waals surface area contributed by atoms with E-state index in [4.69, 9.17) is 4.74 Å². The van der Waals surface area contributed by atoms with Crippen molar-refractivity contribution in [3.05, 3.63) is 0 Å². The van der Waals surface area contributed by atoms with Crippen molar-refractivity contribution in [1.29, 1.82) is 0 Å². The Bertz CT molecular complexity index is 317. The minimum Gasteiger partial charge on any atom is -0.391 e. The van der Waals surface area contributed by atoms with Crippen molar-refractivity contribution in [2.75, 3.05) is 33.4 Å². The molecule has 8 heteroatoms. The zero-order chi connectivity index (χ0) is 13.5. The number of urea groups is 1. The summed E-state index contributed by atoms with van der Waals surface area (Å²) in [6, 6.07) is -0.561. The Labute approximate surface area is 104 Å². The molecule has 1 aliphatic heterocycles. The summed E-state index contributed by atoms with van der Waals surface area (Å²) < 4.78 is 4.73. The van der Waals surface area contributed by atoms with Crippen LogP contribution in [-0.2, 0) is 14.3 Å². The molecule has 0 aliphatic carbocycles. The van der Waals surface area contributed by atoms with Gasteiger partial charge in [-0.25, -0.2) is 4.79 Å². The molecule has 102 valence electrons. The molecular formula is C10H17N3O5. The third-order valence-corrected chi connectivity index (χ3v) is 2.40. The highest BCUT2D eigenvalue weighted by Crippen LogP contribution is 1.98. The summed E-state index contributed by atoms with van der Waals surface area (Å²) in [4.78, 5) is 34.6. The van der Waals surface area contributed by atoms with E-state index in [1.165, 1.54) is 7.11 Å². The number of methoxy groups -OCH3 is 1. The monoisotopic (exact) mass is 259 g/mol. The number of aliphatic hydroxyl groups is 1. The lowest BCUT2D eigenvalue weighted by Gasteiger charge is -2.13. The van der Waals surface area contributed by atoms with Crippen LogP contribution in [0.1, 0.15) is 6.42 Å². The van der Waals surface area contributed by atoms with Gasteiger partial charge in [-0.1, -0.05) is 0 Å². The summed E-state index contributed by atoms with van der Waals surface area (Å²) in [6.45, 7) is 0.0829. The quantitative estimate of drug-likeness (QED) is 0.461. The van der Waals surface area contributed by atoms with Crippen molar-refractivity contribution in [2.24, 2.45) is 0 Å². The molecule has 0 aromatic rings. The van der Waals surface area contributed by atoms with E-state index in [1.807, 2.05) is 0 Å². The molecule has 18 heavy (non-hydrogen) atoms. The van der Waals surface area contributed by atoms with Crippen LogP contribution in [0.25, 0.3) is 0 Å².